The van der Waals surface area contributed by atoms with Crippen molar-refractivity contribution in [3.63, 3.8) is 0 Å². The number of rotatable bonds is 8. The van der Waals surface area contributed by atoms with Gasteiger partial charge in [-0.15, -0.1) is 0 Å². The summed E-state index contributed by atoms with van der Waals surface area (Å²) < 4.78 is 18.7. The molecule has 40 heavy (non-hydrogen) atoms. The molecule has 0 radical (unpaired) electrons. The second-order valence-electron chi connectivity index (χ2n) is 7.90. The molecule has 0 saturated carbocycles. The van der Waals surface area contributed by atoms with Crippen molar-refractivity contribution < 1.29 is 47.7 Å². The molecule has 2 amide bonds. The van der Waals surface area contributed by atoms with Crippen LogP contribution in [0.2, 0.25) is 0 Å². The van der Waals surface area contributed by atoms with E-state index in [2.05, 4.69) is 34.6 Å². The van der Waals surface area contributed by atoms with Crippen molar-refractivity contribution in [1.29, 1.82) is 0 Å². The van der Waals surface area contributed by atoms with Gasteiger partial charge in [-0.3, -0.25) is 14.6 Å². The molecule has 0 aliphatic carbocycles. The third-order valence-electron chi connectivity index (χ3n) is 5.32. The highest BCUT2D eigenvalue weighted by Gasteiger charge is 2.18. The van der Waals surface area contributed by atoms with E-state index in [-0.39, 0.29) is 44.9 Å². The summed E-state index contributed by atoms with van der Waals surface area (Å²) in [6.45, 7) is 0. The van der Waals surface area contributed by atoms with Crippen LogP contribution in [-0.4, -0.2) is 69.1 Å². The van der Waals surface area contributed by atoms with E-state index in [1.54, 1.807) is 0 Å². The zero-order valence-corrected chi connectivity index (χ0v) is 21.7. The molecule has 1 heterocycles. The number of carbonyl (C=O) groups excluding carboxylic acids is 6. The Bertz CT molecular complexity index is 1320. The highest BCUT2D eigenvalue weighted by Crippen LogP contribution is 2.20. The van der Waals surface area contributed by atoms with Crippen LogP contribution in [-0.2, 0) is 18.9 Å². The maximum absolute atomic E-state index is 12.8. The summed E-state index contributed by atoms with van der Waals surface area (Å²) in [5, 5.41) is 5.07. The van der Waals surface area contributed by atoms with Crippen molar-refractivity contribution in [3.8, 4) is 0 Å². The topological polar surface area (TPSA) is 176 Å². The Labute approximate surface area is 227 Å². The molecule has 13 heteroatoms. The Morgan fingerprint density at radius 3 is 1.23 bits per heavy atom. The van der Waals surface area contributed by atoms with E-state index in [0.29, 0.717) is 0 Å². The molecular weight excluding hydrogens is 526 g/mol. The summed E-state index contributed by atoms with van der Waals surface area (Å²) >= 11 is 0. The number of esters is 4. The lowest BCUT2D eigenvalue weighted by Gasteiger charge is -2.11. The number of amides is 2. The summed E-state index contributed by atoms with van der Waals surface area (Å²) in [6.07, 6.45) is 1.14. The molecule has 0 saturated heterocycles. The SMILES string of the molecule is COC(=O)c1cc(NC(=O)c2ccc(C(=O)Nc3cc(C(=O)OC)cc(C(=O)OC)c3)nc2)cc(C(=O)OC)c1. The number of pyridine rings is 1. The fourth-order valence-corrected chi connectivity index (χ4v) is 3.40. The lowest BCUT2D eigenvalue weighted by atomic mass is 10.1. The molecule has 0 aliphatic rings. The Hall–Kier alpha value is -5.59. The molecule has 1 aromatic heterocycles. The fourth-order valence-electron chi connectivity index (χ4n) is 3.40. The first-order chi connectivity index (χ1) is 19.1. The van der Waals surface area contributed by atoms with E-state index in [1.165, 1.54) is 77.0 Å². The fraction of sp³-hybridized carbons (Fsp3) is 0.148. The number of nitrogens with zero attached hydrogens (tertiary/aromatic N) is 1. The lowest BCUT2D eigenvalue weighted by molar-refractivity contribution is 0.0581. The van der Waals surface area contributed by atoms with Crippen molar-refractivity contribution in [1.82, 2.24) is 4.98 Å². The highest BCUT2D eigenvalue weighted by atomic mass is 16.5. The Morgan fingerprint density at radius 2 is 0.900 bits per heavy atom. The van der Waals surface area contributed by atoms with Crippen LogP contribution in [0.4, 0.5) is 11.4 Å². The first-order valence-corrected chi connectivity index (χ1v) is 11.3. The van der Waals surface area contributed by atoms with Crippen molar-refractivity contribution in [2.24, 2.45) is 0 Å². The predicted octanol–water partition coefficient (Wildman–Crippen LogP) is 2.73. The smallest absolute Gasteiger partial charge is 0.337 e. The van der Waals surface area contributed by atoms with Gasteiger partial charge >= 0.3 is 23.9 Å². The average Bonchev–Trinajstić information content (AvgIpc) is 2.98. The number of hydrogen-bond donors (Lipinski definition) is 2. The van der Waals surface area contributed by atoms with E-state index in [1.807, 2.05) is 0 Å². The molecule has 0 spiro atoms. The molecule has 2 aromatic carbocycles. The van der Waals surface area contributed by atoms with Crippen molar-refractivity contribution in [2.75, 3.05) is 39.1 Å². The summed E-state index contributed by atoms with van der Waals surface area (Å²) in [7, 11) is 4.67. The van der Waals surface area contributed by atoms with Gasteiger partial charge in [0.15, 0.2) is 0 Å². The number of aromatic nitrogens is 1. The average molecular weight is 549 g/mol. The molecule has 13 nitrogen and oxygen atoms in total. The van der Waals surface area contributed by atoms with Gasteiger partial charge < -0.3 is 29.6 Å². The number of nitrogens with one attached hydrogen (secondary N) is 2. The maximum atomic E-state index is 12.8. The minimum Gasteiger partial charge on any atom is -0.465 e. The number of anilines is 2. The number of methoxy groups -OCH3 is 4. The predicted molar refractivity (Wildman–Crippen MR) is 138 cm³/mol. The van der Waals surface area contributed by atoms with Gasteiger partial charge in [-0.1, -0.05) is 0 Å². The van der Waals surface area contributed by atoms with Gasteiger partial charge in [0.1, 0.15) is 5.69 Å². The highest BCUT2D eigenvalue weighted by molar-refractivity contribution is 6.08. The first-order valence-electron chi connectivity index (χ1n) is 11.3. The standard InChI is InChI=1S/C27H23N3O10/c1-37-24(33)15-7-16(25(34)38-2)10-19(9-15)29-22(31)14-5-6-21(28-13-14)23(32)30-20-11-17(26(35)39-3)8-18(12-20)27(36)40-4/h5-13H,1-4H3,(H,29,31)(H,30,32). The second-order valence-corrected chi connectivity index (χ2v) is 7.90. The normalized spacial score (nSPS) is 10.1. The first kappa shape index (κ1) is 29.0. The van der Waals surface area contributed by atoms with E-state index in [0.717, 1.165) is 6.20 Å². The van der Waals surface area contributed by atoms with Crippen molar-refractivity contribution in [2.45, 2.75) is 0 Å². The Morgan fingerprint density at radius 1 is 0.525 bits per heavy atom. The molecule has 0 fully saturated rings. The van der Waals surface area contributed by atoms with Crippen LogP contribution >= 0.6 is 0 Å². The third-order valence-corrected chi connectivity index (χ3v) is 5.32. The van der Waals surface area contributed by atoms with Gasteiger partial charge in [0.2, 0.25) is 0 Å². The lowest BCUT2D eigenvalue weighted by Crippen LogP contribution is -2.17. The van der Waals surface area contributed by atoms with Gasteiger partial charge in [-0.25, -0.2) is 19.2 Å². The molecule has 0 unspecified atom stereocenters. The van der Waals surface area contributed by atoms with E-state index < -0.39 is 35.7 Å². The molecule has 206 valence electrons. The monoisotopic (exact) mass is 549 g/mol. The number of benzene rings is 2. The summed E-state index contributed by atoms with van der Waals surface area (Å²) in [4.78, 5) is 77.4. The van der Waals surface area contributed by atoms with Gasteiger partial charge in [0, 0.05) is 17.6 Å². The summed E-state index contributed by atoms with van der Waals surface area (Å²) in [6, 6.07) is 10.4. The molecule has 3 rings (SSSR count). The molecule has 2 N–H and O–H groups in total. The van der Waals surface area contributed by atoms with Crippen LogP contribution in [0.25, 0.3) is 0 Å². The number of carbonyl (C=O) groups is 6. The molecule has 0 aliphatic heterocycles. The molecular formula is C27H23N3O10. The van der Waals surface area contributed by atoms with Crippen LogP contribution in [0.5, 0.6) is 0 Å². The molecule has 3 aromatic rings. The molecule has 0 bridgehead atoms. The number of hydrogen-bond acceptors (Lipinski definition) is 11. The van der Waals surface area contributed by atoms with Crippen molar-refractivity contribution in [3.05, 3.63) is 88.2 Å². The van der Waals surface area contributed by atoms with E-state index in [9.17, 15) is 28.8 Å². The van der Waals surface area contributed by atoms with Gasteiger partial charge in [0.05, 0.1) is 56.3 Å². The van der Waals surface area contributed by atoms with Gasteiger partial charge in [-0.05, 0) is 48.5 Å². The largest absolute Gasteiger partial charge is 0.465 e. The number of ether oxygens (including phenoxy) is 4. The van der Waals surface area contributed by atoms with Gasteiger partial charge in [-0.2, -0.15) is 0 Å². The van der Waals surface area contributed by atoms with Crippen LogP contribution in [0.1, 0.15) is 62.3 Å². The van der Waals surface area contributed by atoms with E-state index in [4.69, 9.17) is 0 Å². The zero-order chi connectivity index (χ0) is 29.4. The Kier molecular flexibility index (Phi) is 9.25. The van der Waals surface area contributed by atoms with E-state index >= 15 is 0 Å². The van der Waals surface area contributed by atoms with Crippen LogP contribution in [0, 0.1) is 0 Å². The Balaban J connectivity index is 1.79. The minimum atomic E-state index is -0.731. The quantitative estimate of drug-likeness (QED) is 0.312. The van der Waals surface area contributed by atoms with Crippen molar-refractivity contribution >= 4 is 47.1 Å². The summed E-state index contributed by atoms with van der Waals surface area (Å²) in [5.41, 5.74) is 0.223. The summed E-state index contributed by atoms with van der Waals surface area (Å²) in [5.74, 6) is -4.26. The zero-order valence-electron chi connectivity index (χ0n) is 21.7. The second kappa shape index (κ2) is 12.8. The molecule has 0 atom stereocenters. The third kappa shape index (κ3) is 6.83. The van der Waals surface area contributed by atoms with Crippen LogP contribution < -0.4 is 10.6 Å². The minimum absolute atomic E-state index is 0.00676. The van der Waals surface area contributed by atoms with Crippen LogP contribution in [0.15, 0.2) is 54.7 Å². The maximum Gasteiger partial charge on any atom is 0.337 e. The van der Waals surface area contributed by atoms with Crippen LogP contribution in [0.3, 0.4) is 0 Å². The van der Waals surface area contributed by atoms with Gasteiger partial charge in [0.25, 0.3) is 11.8 Å².